The molecule has 0 radical (unpaired) electrons. The molecule has 0 aromatic carbocycles. The van der Waals surface area contributed by atoms with Crippen LogP contribution in [0.4, 0.5) is 0 Å². The summed E-state index contributed by atoms with van der Waals surface area (Å²) in [7, 11) is -3.03. The zero-order valence-electron chi connectivity index (χ0n) is 12.6. The molecule has 1 saturated heterocycles. The van der Waals surface area contributed by atoms with Crippen LogP contribution < -0.4 is 5.32 Å². The average molecular weight is 316 g/mol. The quantitative estimate of drug-likeness (QED) is 0.799. The third-order valence-electron chi connectivity index (χ3n) is 4.60. The lowest BCUT2D eigenvalue weighted by atomic mass is 9.78. The first-order valence-corrected chi connectivity index (χ1v) is 9.53. The van der Waals surface area contributed by atoms with Crippen molar-refractivity contribution in [3.63, 3.8) is 0 Å². The molecule has 1 aliphatic heterocycles. The molecular formula is C14H24N2O4S. The van der Waals surface area contributed by atoms with Crippen LogP contribution >= 0.6 is 0 Å². The smallest absolute Gasteiger partial charge is 0.246 e. The Bertz CT molecular complexity index is 509. The normalized spacial score (nSPS) is 22.4. The van der Waals surface area contributed by atoms with Crippen LogP contribution in [0, 0.1) is 0 Å². The van der Waals surface area contributed by atoms with E-state index in [9.17, 15) is 18.0 Å². The van der Waals surface area contributed by atoms with Crippen molar-refractivity contribution in [2.75, 3.05) is 24.6 Å². The van der Waals surface area contributed by atoms with E-state index in [1.165, 1.54) is 0 Å². The molecule has 6 nitrogen and oxygen atoms in total. The molecular weight excluding hydrogens is 292 g/mol. The van der Waals surface area contributed by atoms with Gasteiger partial charge in [-0.15, -0.1) is 0 Å². The van der Waals surface area contributed by atoms with Crippen LogP contribution in [0.5, 0.6) is 0 Å². The van der Waals surface area contributed by atoms with Gasteiger partial charge in [-0.2, -0.15) is 0 Å². The molecule has 0 unspecified atom stereocenters. The van der Waals surface area contributed by atoms with Crippen molar-refractivity contribution < 1.29 is 18.0 Å². The van der Waals surface area contributed by atoms with Gasteiger partial charge in [-0.3, -0.25) is 9.59 Å². The highest BCUT2D eigenvalue weighted by Gasteiger charge is 2.49. The van der Waals surface area contributed by atoms with Gasteiger partial charge < -0.3 is 10.2 Å². The van der Waals surface area contributed by atoms with Crippen LogP contribution in [0.15, 0.2) is 0 Å². The number of piperazine rings is 1. The minimum atomic E-state index is -3.03. The molecule has 1 spiro atoms. The number of amides is 2. The standard InChI is InChI=1S/C14H24N2O4S/c1-2-21(19,20)10-6-9-16-12(17)11-15-13(18)14(16)7-4-3-5-8-14/h2-11H2,1H3,(H,15,18). The van der Waals surface area contributed by atoms with Crippen LogP contribution in [-0.2, 0) is 19.4 Å². The second-order valence-electron chi connectivity index (χ2n) is 5.91. The van der Waals surface area contributed by atoms with Crippen LogP contribution in [0.1, 0.15) is 45.4 Å². The number of carbonyl (C=O) groups excluding carboxylic acids is 2. The average Bonchev–Trinajstić information content (AvgIpc) is 2.48. The van der Waals surface area contributed by atoms with Crippen LogP contribution in [0.25, 0.3) is 0 Å². The topological polar surface area (TPSA) is 83.6 Å². The van der Waals surface area contributed by atoms with Gasteiger partial charge in [0.1, 0.15) is 15.4 Å². The van der Waals surface area contributed by atoms with Gasteiger partial charge in [-0.1, -0.05) is 26.2 Å². The molecule has 2 rings (SSSR count). The van der Waals surface area contributed by atoms with Gasteiger partial charge in [0.2, 0.25) is 11.8 Å². The molecule has 21 heavy (non-hydrogen) atoms. The van der Waals surface area contributed by atoms with Crippen molar-refractivity contribution >= 4 is 21.7 Å². The fourth-order valence-electron chi connectivity index (χ4n) is 3.34. The maximum atomic E-state index is 12.3. The zero-order chi connectivity index (χ0) is 15.5. The van der Waals surface area contributed by atoms with E-state index >= 15 is 0 Å². The predicted octanol–water partition coefficient (Wildman–Crippen LogP) is 0.473. The van der Waals surface area contributed by atoms with E-state index in [-0.39, 0.29) is 29.9 Å². The van der Waals surface area contributed by atoms with Crippen LogP contribution in [0.3, 0.4) is 0 Å². The van der Waals surface area contributed by atoms with Crippen molar-refractivity contribution in [1.82, 2.24) is 10.2 Å². The van der Waals surface area contributed by atoms with E-state index < -0.39 is 15.4 Å². The summed E-state index contributed by atoms with van der Waals surface area (Å²) in [5.74, 6) is 0.0305. The maximum Gasteiger partial charge on any atom is 0.246 e. The number of rotatable bonds is 5. The lowest BCUT2D eigenvalue weighted by Crippen LogP contribution is -2.67. The second kappa shape index (κ2) is 6.34. The van der Waals surface area contributed by atoms with Crippen molar-refractivity contribution in [3.05, 3.63) is 0 Å². The molecule has 2 fully saturated rings. The van der Waals surface area contributed by atoms with E-state index in [1.54, 1.807) is 11.8 Å². The molecule has 0 aromatic rings. The molecule has 2 aliphatic rings. The summed E-state index contributed by atoms with van der Waals surface area (Å²) in [5, 5.41) is 2.69. The Kier molecular flexibility index (Phi) is 4.91. The summed E-state index contributed by atoms with van der Waals surface area (Å²) in [5.41, 5.74) is -0.733. The Balaban J connectivity index is 2.09. The largest absolute Gasteiger partial charge is 0.345 e. The monoisotopic (exact) mass is 316 g/mol. The highest BCUT2D eigenvalue weighted by atomic mass is 32.2. The lowest BCUT2D eigenvalue weighted by molar-refractivity contribution is -0.156. The maximum absolute atomic E-state index is 12.3. The molecule has 0 atom stereocenters. The van der Waals surface area contributed by atoms with Gasteiger partial charge in [-0.25, -0.2) is 8.42 Å². The Labute approximate surface area is 126 Å². The summed E-state index contributed by atoms with van der Waals surface area (Å²) in [6, 6.07) is 0. The third kappa shape index (κ3) is 3.39. The molecule has 120 valence electrons. The first kappa shape index (κ1) is 16.3. The zero-order valence-corrected chi connectivity index (χ0v) is 13.4. The van der Waals surface area contributed by atoms with Gasteiger partial charge in [0, 0.05) is 12.3 Å². The predicted molar refractivity (Wildman–Crippen MR) is 79.5 cm³/mol. The Morgan fingerprint density at radius 1 is 1.19 bits per heavy atom. The van der Waals surface area contributed by atoms with Gasteiger partial charge in [0.05, 0.1) is 12.3 Å². The molecule has 7 heteroatoms. The molecule has 0 aromatic heterocycles. The van der Waals surface area contributed by atoms with E-state index in [2.05, 4.69) is 5.32 Å². The van der Waals surface area contributed by atoms with Crippen LogP contribution in [0.2, 0.25) is 0 Å². The highest BCUT2D eigenvalue weighted by molar-refractivity contribution is 7.91. The first-order valence-electron chi connectivity index (χ1n) is 7.70. The number of sulfone groups is 1. The number of nitrogens with zero attached hydrogens (tertiary/aromatic N) is 1. The Morgan fingerprint density at radius 2 is 1.86 bits per heavy atom. The van der Waals surface area contributed by atoms with Gasteiger partial charge in [0.15, 0.2) is 0 Å². The summed E-state index contributed by atoms with van der Waals surface area (Å²) >= 11 is 0. The second-order valence-corrected chi connectivity index (χ2v) is 8.38. The van der Waals surface area contributed by atoms with Gasteiger partial charge >= 0.3 is 0 Å². The molecule has 0 bridgehead atoms. The summed E-state index contributed by atoms with van der Waals surface area (Å²) in [4.78, 5) is 26.2. The fraction of sp³-hybridized carbons (Fsp3) is 0.857. The van der Waals surface area contributed by atoms with E-state index in [0.29, 0.717) is 25.8 Å². The van der Waals surface area contributed by atoms with Crippen molar-refractivity contribution in [2.24, 2.45) is 0 Å². The number of carbonyl (C=O) groups is 2. The molecule has 1 aliphatic carbocycles. The van der Waals surface area contributed by atoms with E-state index in [1.807, 2.05) is 0 Å². The number of hydrogen-bond acceptors (Lipinski definition) is 4. The fourth-order valence-corrected chi connectivity index (χ4v) is 4.19. The van der Waals surface area contributed by atoms with Gasteiger partial charge in [0.25, 0.3) is 0 Å². The molecule has 2 amide bonds. The minimum Gasteiger partial charge on any atom is -0.345 e. The summed E-state index contributed by atoms with van der Waals surface area (Å²) in [6.07, 6.45) is 4.73. The van der Waals surface area contributed by atoms with E-state index in [0.717, 1.165) is 19.3 Å². The van der Waals surface area contributed by atoms with E-state index in [4.69, 9.17) is 0 Å². The van der Waals surface area contributed by atoms with Crippen molar-refractivity contribution in [1.29, 1.82) is 0 Å². The third-order valence-corrected chi connectivity index (χ3v) is 6.39. The number of nitrogens with one attached hydrogen (secondary N) is 1. The summed E-state index contributed by atoms with van der Waals surface area (Å²) in [6.45, 7) is 2.00. The van der Waals surface area contributed by atoms with Crippen LogP contribution in [-0.4, -0.2) is 55.3 Å². The first-order chi connectivity index (χ1) is 9.91. The lowest BCUT2D eigenvalue weighted by Gasteiger charge is -2.48. The Morgan fingerprint density at radius 3 is 2.48 bits per heavy atom. The number of hydrogen-bond donors (Lipinski definition) is 1. The van der Waals surface area contributed by atoms with Crippen molar-refractivity contribution in [3.8, 4) is 0 Å². The molecule has 1 heterocycles. The van der Waals surface area contributed by atoms with Gasteiger partial charge in [-0.05, 0) is 19.3 Å². The van der Waals surface area contributed by atoms with Crippen molar-refractivity contribution in [2.45, 2.75) is 51.0 Å². The highest BCUT2D eigenvalue weighted by Crippen LogP contribution is 2.35. The Hall–Kier alpha value is -1.11. The minimum absolute atomic E-state index is 0.0289. The SMILES string of the molecule is CCS(=O)(=O)CCCN1C(=O)CNC(=O)C12CCCCC2. The molecule has 1 saturated carbocycles. The molecule has 1 N–H and O–H groups in total. The summed E-state index contributed by atoms with van der Waals surface area (Å²) < 4.78 is 23.1.